The van der Waals surface area contributed by atoms with Gasteiger partial charge in [0.05, 0.1) is 12.1 Å². The average Bonchev–Trinajstić information content (AvgIpc) is 2.97. The van der Waals surface area contributed by atoms with Crippen LogP contribution in [0.1, 0.15) is 43.7 Å². The van der Waals surface area contributed by atoms with Gasteiger partial charge in [0, 0.05) is 19.5 Å². The van der Waals surface area contributed by atoms with Gasteiger partial charge in [0.2, 0.25) is 0 Å². The molecule has 0 spiro atoms. The van der Waals surface area contributed by atoms with Gasteiger partial charge in [-0.1, -0.05) is 42.8 Å². The lowest BCUT2D eigenvalue weighted by atomic mass is 10.0. The zero-order valence-corrected chi connectivity index (χ0v) is 13.9. The highest BCUT2D eigenvalue weighted by molar-refractivity contribution is 5.74. The van der Waals surface area contributed by atoms with Crippen LogP contribution in [0.4, 0.5) is 4.79 Å². The molecule has 1 aliphatic rings. The summed E-state index contributed by atoms with van der Waals surface area (Å²) in [5.41, 5.74) is 1.11. The summed E-state index contributed by atoms with van der Waals surface area (Å²) in [4.78, 5) is 14.2. The number of carbonyl (C=O) groups excluding carboxylic acids is 1. The van der Waals surface area contributed by atoms with E-state index in [9.17, 15) is 9.90 Å². The zero-order valence-electron chi connectivity index (χ0n) is 13.9. The van der Waals surface area contributed by atoms with Gasteiger partial charge in [-0.15, -0.1) is 6.58 Å². The standard InChI is InChI=1S/C19H28N2O2/c1-3-4-12-17(15-9-6-5-7-10-15)20-19(23)21(2)14-16-11-8-13-18(16)22/h3,5-7,9-10,16-18,22H,1,4,8,11-14H2,2H3,(H,20,23). The van der Waals surface area contributed by atoms with E-state index in [0.29, 0.717) is 6.54 Å². The zero-order chi connectivity index (χ0) is 16.7. The van der Waals surface area contributed by atoms with Crippen molar-refractivity contribution in [3.63, 3.8) is 0 Å². The average molecular weight is 316 g/mol. The van der Waals surface area contributed by atoms with Crippen LogP contribution in [0, 0.1) is 5.92 Å². The van der Waals surface area contributed by atoms with Crippen LogP contribution < -0.4 is 5.32 Å². The Morgan fingerprint density at radius 2 is 2.17 bits per heavy atom. The van der Waals surface area contributed by atoms with Crippen LogP contribution in [-0.2, 0) is 0 Å². The highest BCUT2D eigenvalue weighted by atomic mass is 16.3. The molecular weight excluding hydrogens is 288 g/mol. The highest BCUT2D eigenvalue weighted by Gasteiger charge is 2.28. The minimum Gasteiger partial charge on any atom is -0.393 e. The van der Waals surface area contributed by atoms with E-state index < -0.39 is 0 Å². The monoisotopic (exact) mass is 316 g/mol. The number of benzene rings is 1. The molecule has 2 rings (SSSR count). The molecule has 2 amide bonds. The number of nitrogens with one attached hydrogen (secondary N) is 1. The summed E-state index contributed by atoms with van der Waals surface area (Å²) in [7, 11) is 1.80. The van der Waals surface area contributed by atoms with E-state index in [4.69, 9.17) is 0 Å². The van der Waals surface area contributed by atoms with Gasteiger partial charge >= 0.3 is 6.03 Å². The number of aliphatic hydroxyl groups is 1. The minimum atomic E-state index is -0.268. The molecule has 1 saturated carbocycles. The third-order valence-electron chi connectivity index (χ3n) is 4.63. The van der Waals surface area contributed by atoms with E-state index in [-0.39, 0.29) is 24.1 Å². The van der Waals surface area contributed by atoms with Crippen molar-refractivity contribution in [2.45, 2.75) is 44.2 Å². The molecule has 4 heteroatoms. The van der Waals surface area contributed by atoms with Crippen LogP contribution in [-0.4, -0.2) is 35.7 Å². The lowest BCUT2D eigenvalue weighted by molar-refractivity contribution is 0.113. The van der Waals surface area contributed by atoms with Crippen LogP contribution in [0.15, 0.2) is 43.0 Å². The number of hydrogen-bond donors (Lipinski definition) is 2. The Labute approximate surface area is 139 Å². The number of amides is 2. The molecule has 0 aromatic heterocycles. The normalized spacial score (nSPS) is 21.7. The van der Waals surface area contributed by atoms with Crippen molar-refractivity contribution in [1.29, 1.82) is 0 Å². The van der Waals surface area contributed by atoms with Gasteiger partial charge < -0.3 is 15.3 Å². The number of nitrogens with zero attached hydrogens (tertiary/aromatic N) is 1. The van der Waals surface area contributed by atoms with E-state index in [1.807, 2.05) is 36.4 Å². The van der Waals surface area contributed by atoms with Gasteiger partial charge in [-0.3, -0.25) is 0 Å². The molecular formula is C19H28N2O2. The Morgan fingerprint density at radius 3 is 2.78 bits per heavy atom. The molecule has 1 aromatic rings. The SMILES string of the molecule is C=CCCC(NC(=O)N(C)CC1CCCC1O)c1ccccc1. The Hall–Kier alpha value is -1.81. The van der Waals surface area contributed by atoms with Crippen molar-refractivity contribution >= 4 is 6.03 Å². The third-order valence-corrected chi connectivity index (χ3v) is 4.63. The molecule has 1 aromatic carbocycles. The maximum atomic E-state index is 12.5. The molecule has 0 bridgehead atoms. The fourth-order valence-electron chi connectivity index (χ4n) is 3.22. The third kappa shape index (κ3) is 5.10. The van der Waals surface area contributed by atoms with Crippen LogP contribution in [0.2, 0.25) is 0 Å². The van der Waals surface area contributed by atoms with E-state index in [1.165, 1.54) is 0 Å². The number of allylic oxidation sites excluding steroid dienone is 1. The first-order chi connectivity index (χ1) is 11.1. The summed E-state index contributed by atoms with van der Waals surface area (Å²) in [5, 5.41) is 13.0. The van der Waals surface area contributed by atoms with Crippen molar-refractivity contribution in [2.75, 3.05) is 13.6 Å². The van der Waals surface area contributed by atoms with Gasteiger partial charge in [-0.25, -0.2) is 4.79 Å². The summed E-state index contributed by atoms with van der Waals surface area (Å²) in [6.07, 6.45) is 6.19. The summed E-state index contributed by atoms with van der Waals surface area (Å²) >= 11 is 0. The molecule has 0 radical (unpaired) electrons. The van der Waals surface area contributed by atoms with Crippen LogP contribution in [0.25, 0.3) is 0 Å². The second-order valence-electron chi connectivity index (χ2n) is 6.42. The number of urea groups is 1. The minimum absolute atomic E-state index is 0.0161. The molecule has 0 aliphatic heterocycles. The Balaban J connectivity index is 1.94. The second kappa shape index (κ2) is 8.73. The van der Waals surface area contributed by atoms with Gasteiger partial charge in [-0.05, 0) is 31.2 Å². The van der Waals surface area contributed by atoms with E-state index in [0.717, 1.165) is 37.7 Å². The quantitative estimate of drug-likeness (QED) is 0.757. The smallest absolute Gasteiger partial charge is 0.317 e. The molecule has 126 valence electrons. The van der Waals surface area contributed by atoms with Gasteiger partial charge in [0.1, 0.15) is 0 Å². The summed E-state index contributed by atoms with van der Waals surface area (Å²) in [6, 6.07) is 9.93. The van der Waals surface area contributed by atoms with Gasteiger partial charge in [-0.2, -0.15) is 0 Å². The first-order valence-corrected chi connectivity index (χ1v) is 8.47. The van der Waals surface area contributed by atoms with Gasteiger partial charge in [0.15, 0.2) is 0 Å². The number of carbonyl (C=O) groups is 1. The van der Waals surface area contributed by atoms with Crippen molar-refractivity contribution in [3.8, 4) is 0 Å². The van der Waals surface area contributed by atoms with Crippen LogP contribution in [0.5, 0.6) is 0 Å². The molecule has 1 fully saturated rings. The molecule has 4 nitrogen and oxygen atoms in total. The number of aliphatic hydroxyl groups excluding tert-OH is 1. The first kappa shape index (κ1) is 17.5. The Bertz CT molecular complexity index is 503. The van der Waals surface area contributed by atoms with Crippen LogP contribution >= 0.6 is 0 Å². The molecule has 2 N–H and O–H groups in total. The van der Waals surface area contributed by atoms with E-state index in [2.05, 4.69) is 11.9 Å². The van der Waals surface area contributed by atoms with E-state index >= 15 is 0 Å². The van der Waals surface area contributed by atoms with Crippen molar-refractivity contribution in [2.24, 2.45) is 5.92 Å². The molecule has 1 aliphatic carbocycles. The van der Waals surface area contributed by atoms with Crippen molar-refractivity contribution in [1.82, 2.24) is 10.2 Å². The Morgan fingerprint density at radius 1 is 1.43 bits per heavy atom. The largest absolute Gasteiger partial charge is 0.393 e. The molecule has 23 heavy (non-hydrogen) atoms. The molecule has 0 saturated heterocycles. The molecule has 3 atom stereocenters. The van der Waals surface area contributed by atoms with Crippen molar-refractivity contribution in [3.05, 3.63) is 48.6 Å². The topological polar surface area (TPSA) is 52.6 Å². The predicted molar refractivity (Wildman–Crippen MR) is 93.1 cm³/mol. The maximum Gasteiger partial charge on any atom is 0.317 e. The molecule has 3 unspecified atom stereocenters. The second-order valence-corrected chi connectivity index (χ2v) is 6.42. The molecule has 0 heterocycles. The van der Waals surface area contributed by atoms with Crippen LogP contribution in [0.3, 0.4) is 0 Å². The first-order valence-electron chi connectivity index (χ1n) is 8.47. The predicted octanol–water partition coefficient (Wildman–Crippen LogP) is 3.50. The lowest BCUT2D eigenvalue weighted by Crippen LogP contribution is -2.42. The fourth-order valence-corrected chi connectivity index (χ4v) is 3.22. The Kier molecular flexibility index (Phi) is 6.66. The summed E-state index contributed by atoms with van der Waals surface area (Å²) in [6.45, 7) is 4.37. The summed E-state index contributed by atoms with van der Waals surface area (Å²) < 4.78 is 0. The maximum absolute atomic E-state index is 12.5. The number of hydrogen-bond acceptors (Lipinski definition) is 2. The van der Waals surface area contributed by atoms with Gasteiger partial charge in [0.25, 0.3) is 0 Å². The lowest BCUT2D eigenvalue weighted by Gasteiger charge is -2.26. The number of rotatable bonds is 7. The van der Waals surface area contributed by atoms with E-state index in [1.54, 1.807) is 11.9 Å². The summed E-state index contributed by atoms with van der Waals surface area (Å²) in [5.74, 6) is 0.203. The highest BCUT2D eigenvalue weighted by Crippen LogP contribution is 2.26. The van der Waals surface area contributed by atoms with Crippen molar-refractivity contribution < 1.29 is 9.90 Å². The fraction of sp³-hybridized carbons (Fsp3) is 0.526.